The molecule has 1 saturated carbocycles. The number of nitrogens with one attached hydrogen (secondary N) is 1. The first kappa shape index (κ1) is 13.6. The van der Waals surface area contributed by atoms with E-state index in [-0.39, 0.29) is 5.60 Å². The molecule has 0 aromatic heterocycles. The van der Waals surface area contributed by atoms with E-state index in [1.165, 1.54) is 56.6 Å². The molecule has 1 unspecified atom stereocenters. The molecular weight excluding hydrogens is 262 g/mol. The minimum atomic E-state index is 0.233. The van der Waals surface area contributed by atoms with Gasteiger partial charge < -0.3 is 10.1 Å². The van der Waals surface area contributed by atoms with E-state index in [4.69, 9.17) is 4.74 Å². The van der Waals surface area contributed by atoms with Crippen LogP contribution in [-0.4, -0.2) is 47.3 Å². The van der Waals surface area contributed by atoms with Crippen molar-refractivity contribution >= 4 is 23.5 Å². The summed E-state index contributed by atoms with van der Waals surface area (Å²) in [4.78, 5) is 0. The Morgan fingerprint density at radius 3 is 2.72 bits per heavy atom. The summed E-state index contributed by atoms with van der Waals surface area (Å²) >= 11 is 4.15. The smallest absolute Gasteiger partial charge is 0.0713 e. The summed E-state index contributed by atoms with van der Waals surface area (Å²) in [6.45, 7) is 2.18. The predicted octanol–water partition coefficient (Wildman–Crippen LogP) is 2.92. The summed E-state index contributed by atoms with van der Waals surface area (Å²) in [6, 6.07) is 0.700. The van der Waals surface area contributed by atoms with Crippen molar-refractivity contribution in [3.63, 3.8) is 0 Å². The summed E-state index contributed by atoms with van der Waals surface area (Å²) in [5.74, 6) is 2.59. The molecule has 2 nitrogen and oxygen atoms in total. The lowest BCUT2D eigenvalue weighted by Gasteiger charge is -2.43. The standard InChI is InChI=1S/C14H25NOS2/c1-17-14(3-4-14)11-15-12-2-7-16-13(10-12)5-8-18-9-6-13/h12,15H,2-11H2,1H3. The molecule has 3 fully saturated rings. The zero-order chi connectivity index (χ0) is 12.5. The van der Waals surface area contributed by atoms with Crippen LogP contribution in [0.15, 0.2) is 0 Å². The Kier molecular flexibility index (Phi) is 4.19. The first-order valence-corrected chi connectivity index (χ1v) is 9.64. The van der Waals surface area contributed by atoms with Gasteiger partial charge in [-0.2, -0.15) is 23.5 Å². The second-order valence-electron chi connectivity index (χ2n) is 6.10. The topological polar surface area (TPSA) is 21.3 Å². The zero-order valence-corrected chi connectivity index (χ0v) is 13.0. The fourth-order valence-corrected chi connectivity index (χ4v) is 5.19. The van der Waals surface area contributed by atoms with Crippen LogP contribution in [0.3, 0.4) is 0 Å². The van der Waals surface area contributed by atoms with Crippen molar-refractivity contribution in [1.82, 2.24) is 5.32 Å². The van der Waals surface area contributed by atoms with Crippen molar-refractivity contribution in [3.05, 3.63) is 0 Å². The van der Waals surface area contributed by atoms with Gasteiger partial charge >= 0.3 is 0 Å². The summed E-state index contributed by atoms with van der Waals surface area (Å²) in [5.41, 5.74) is 0.233. The molecule has 1 spiro atoms. The average Bonchev–Trinajstić information content (AvgIpc) is 3.18. The van der Waals surface area contributed by atoms with Crippen molar-refractivity contribution in [2.24, 2.45) is 0 Å². The molecule has 3 rings (SSSR count). The van der Waals surface area contributed by atoms with Crippen molar-refractivity contribution in [2.45, 2.75) is 54.9 Å². The lowest BCUT2D eigenvalue weighted by atomic mass is 9.85. The molecule has 2 saturated heterocycles. The summed E-state index contributed by atoms with van der Waals surface area (Å²) in [5, 5.41) is 3.84. The van der Waals surface area contributed by atoms with Gasteiger partial charge in [-0.1, -0.05) is 0 Å². The number of thioether (sulfide) groups is 2. The van der Waals surface area contributed by atoms with Gasteiger partial charge in [0.15, 0.2) is 0 Å². The van der Waals surface area contributed by atoms with Crippen molar-refractivity contribution in [3.8, 4) is 0 Å². The lowest BCUT2D eigenvalue weighted by molar-refractivity contribution is -0.0930. The number of rotatable bonds is 4. The van der Waals surface area contributed by atoms with Crippen molar-refractivity contribution in [2.75, 3.05) is 30.9 Å². The molecule has 0 amide bonds. The molecule has 2 aliphatic heterocycles. The fourth-order valence-electron chi connectivity index (χ4n) is 3.22. The van der Waals surface area contributed by atoms with Crippen LogP contribution in [-0.2, 0) is 4.74 Å². The van der Waals surface area contributed by atoms with Crippen LogP contribution in [0, 0.1) is 0 Å². The Labute approximate surface area is 119 Å². The maximum atomic E-state index is 6.15. The Bertz CT molecular complexity index is 282. The van der Waals surface area contributed by atoms with Crippen LogP contribution in [0.4, 0.5) is 0 Å². The maximum absolute atomic E-state index is 6.15. The highest BCUT2D eigenvalue weighted by molar-refractivity contribution is 8.00. The highest BCUT2D eigenvalue weighted by Gasteiger charge is 2.43. The molecule has 1 atom stereocenters. The lowest BCUT2D eigenvalue weighted by Crippen LogP contribution is -2.50. The summed E-state index contributed by atoms with van der Waals surface area (Å²) in [6.07, 6.45) is 10.1. The molecule has 3 aliphatic rings. The average molecular weight is 287 g/mol. The third kappa shape index (κ3) is 3.02. The molecule has 2 heterocycles. The second-order valence-corrected chi connectivity index (χ2v) is 8.60. The molecule has 1 N–H and O–H groups in total. The Balaban J connectivity index is 1.50. The van der Waals surface area contributed by atoms with Gasteiger partial charge in [-0.15, -0.1) is 0 Å². The zero-order valence-electron chi connectivity index (χ0n) is 11.4. The van der Waals surface area contributed by atoms with E-state index in [1.54, 1.807) is 0 Å². The third-order valence-electron chi connectivity index (χ3n) is 4.85. The van der Waals surface area contributed by atoms with Crippen LogP contribution in [0.2, 0.25) is 0 Å². The molecule has 0 radical (unpaired) electrons. The Hall–Kier alpha value is 0.620. The molecule has 18 heavy (non-hydrogen) atoms. The largest absolute Gasteiger partial charge is 0.375 e. The number of ether oxygens (including phenoxy) is 1. The molecule has 4 heteroatoms. The highest BCUT2D eigenvalue weighted by Crippen LogP contribution is 2.47. The molecular formula is C14H25NOS2. The van der Waals surface area contributed by atoms with E-state index in [9.17, 15) is 0 Å². The van der Waals surface area contributed by atoms with Gasteiger partial charge in [-0.25, -0.2) is 0 Å². The normalized spacial score (nSPS) is 33.5. The van der Waals surface area contributed by atoms with E-state index in [0.29, 0.717) is 10.8 Å². The van der Waals surface area contributed by atoms with Gasteiger partial charge in [0.25, 0.3) is 0 Å². The van der Waals surface area contributed by atoms with Gasteiger partial charge in [0.2, 0.25) is 0 Å². The van der Waals surface area contributed by atoms with E-state index >= 15 is 0 Å². The first-order chi connectivity index (χ1) is 8.76. The Morgan fingerprint density at radius 1 is 1.28 bits per heavy atom. The van der Waals surface area contributed by atoms with Crippen LogP contribution >= 0.6 is 23.5 Å². The molecule has 1 aliphatic carbocycles. The Morgan fingerprint density at radius 2 is 2.06 bits per heavy atom. The fraction of sp³-hybridized carbons (Fsp3) is 1.00. The van der Waals surface area contributed by atoms with Gasteiger partial charge in [0, 0.05) is 23.9 Å². The van der Waals surface area contributed by atoms with E-state index in [0.717, 1.165) is 6.61 Å². The van der Waals surface area contributed by atoms with Gasteiger partial charge in [0.1, 0.15) is 0 Å². The SMILES string of the molecule is CSC1(CNC2CCOC3(CCSCC3)C2)CC1. The van der Waals surface area contributed by atoms with Crippen molar-refractivity contribution < 1.29 is 4.74 Å². The number of hydrogen-bond donors (Lipinski definition) is 1. The minimum absolute atomic E-state index is 0.233. The number of hydrogen-bond acceptors (Lipinski definition) is 4. The molecule has 0 aromatic carbocycles. The highest BCUT2D eigenvalue weighted by atomic mass is 32.2. The van der Waals surface area contributed by atoms with Crippen LogP contribution in [0.5, 0.6) is 0 Å². The third-order valence-corrected chi connectivity index (χ3v) is 7.25. The quantitative estimate of drug-likeness (QED) is 0.858. The van der Waals surface area contributed by atoms with Gasteiger partial charge in [-0.3, -0.25) is 0 Å². The second kappa shape index (κ2) is 5.55. The first-order valence-electron chi connectivity index (χ1n) is 7.26. The molecule has 0 aromatic rings. The minimum Gasteiger partial charge on any atom is -0.375 e. The van der Waals surface area contributed by atoms with Gasteiger partial charge in [-0.05, 0) is 56.3 Å². The molecule has 104 valence electrons. The van der Waals surface area contributed by atoms with E-state index in [1.807, 2.05) is 0 Å². The summed E-state index contributed by atoms with van der Waals surface area (Å²) < 4.78 is 6.74. The maximum Gasteiger partial charge on any atom is 0.0713 e. The monoisotopic (exact) mass is 287 g/mol. The molecule has 0 bridgehead atoms. The van der Waals surface area contributed by atoms with E-state index < -0.39 is 0 Å². The van der Waals surface area contributed by atoms with Crippen LogP contribution in [0.25, 0.3) is 0 Å². The van der Waals surface area contributed by atoms with Crippen molar-refractivity contribution in [1.29, 1.82) is 0 Å². The summed E-state index contributed by atoms with van der Waals surface area (Å²) in [7, 11) is 0. The van der Waals surface area contributed by atoms with Crippen LogP contribution < -0.4 is 5.32 Å². The van der Waals surface area contributed by atoms with Gasteiger partial charge in [0.05, 0.1) is 5.60 Å². The van der Waals surface area contributed by atoms with E-state index in [2.05, 4.69) is 35.1 Å². The predicted molar refractivity (Wildman–Crippen MR) is 81.7 cm³/mol. The van der Waals surface area contributed by atoms with Crippen LogP contribution in [0.1, 0.15) is 38.5 Å².